The SMILES string of the molecule is O.c1ccc(Nc2nccc3ccccc23)cc1. The molecular weight excluding hydrogens is 224 g/mol. The number of fused-ring (bicyclic) bond motifs is 1. The van der Waals surface area contributed by atoms with Crippen LogP contribution in [0.15, 0.2) is 66.9 Å². The predicted octanol–water partition coefficient (Wildman–Crippen LogP) is 3.15. The summed E-state index contributed by atoms with van der Waals surface area (Å²) in [5.41, 5.74) is 1.05. The standard InChI is InChI=1S/C15H12N2.H2O/c1-2-7-13(8-3-1)17-15-14-9-5-4-6-12(14)10-11-16-15;/h1-11H,(H,16,17);1H2. The van der Waals surface area contributed by atoms with Gasteiger partial charge in [-0.3, -0.25) is 0 Å². The van der Waals surface area contributed by atoms with Crippen LogP contribution in [-0.2, 0) is 0 Å². The molecule has 1 heterocycles. The first-order valence-corrected chi connectivity index (χ1v) is 5.59. The van der Waals surface area contributed by atoms with E-state index in [1.807, 2.05) is 54.7 Å². The highest BCUT2D eigenvalue weighted by atomic mass is 16.0. The average molecular weight is 238 g/mol. The predicted molar refractivity (Wildman–Crippen MR) is 75.1 cm³/mol. The van der Waals surface area contributed by atoms with Gasteiger partial charge in [0.15, 0.2) is 0 Å². The maximum atomic E-state index is 4.39. The summed E-state index contributed by atoms with van der Waals surface area (Å²) < 4.78 is 0. The first kappa shape index (κ1) is 12.1. The number of aromatic nitrogens is 1. The number of hydrogen-bond donors (Lipinski definition) is 1. The Morgan fingerprint density at radius 2 is 1.50 bits per heavy atom. The molecule has 2 aromatic carbocycles. The lowest BCUT2D eigenvalue weighted by atomic mass is 10.1. The van der Waals surface area contributed by atoms with E-state index in [1.165, 1.54) is 5.39 Å². The van der Waals surface area contributed by atoms with Gasteiger partial charge in [0.2, 0.25) is 0 Å². The zero-order chi connectivity index (χ0) is 11.5. The molecule has 0 saturated carbocycles. The van der Waals surface area contributed by atoms with E-state index < -0.39 is 0 Å². The number of pyridine rings is 1. The maximum absolute atomic E-state index is 4.39. The molecule has 18 heavy (non-hydrogen) atoms. The third-order valence-corrected chi connectivity index (χ3v) is 2.71. The molecule has 3 heteroatoms. The molecule has 0 aliphatic heterocycles. The number of benzene rings is 2. The lowest BCUT2D eigenvalue weighted by Gasteiger charge is -2.08. The van der Waals surface area contributed by atoms with Crippen LogP contribution in [0.4, 0.5) is 11.5 Å². The highest BCUT2D eigenvalue weighted by molar-refractivity contribution is 5.93. The fourth-order valence-electron chi connectivity index (χ4n) is 1.88. The maximum Gasteiger partial charge on any atom is 0.138 e. The van der Waals surface area contributed by atoms with Crippen molar-refractivity contribution < 1.29 is 5.48 Å². The molecule has 0 unspecified atom stereocenters. The van der Waals surface area contributed by atoms with Crippen LogP contribution in [-0.4, -0.2) is 10.5 Å². The van der Waals surface area contributed by atoms with Gasteiger partial charge in [0, 0.05) is 17.3 Å². The number of rotatable bonds is 2. The van der Waals surface area contributed by atoms with E-state index in [4.69, 9.17) is 0 Å². The molecule has 0 aliphatic rings. The monoisotopic (exact) mass is 238 g/mol. The molecule has 90 valence electrons. The van der Waals surface area contributed by atoms with Crippen molar-refractivity contribution in [2.75, 3.05) is 5.32 Å². The number of para-hydroxylation sites is 1. The van der Waals surface area contributed by atoms with Crippen LogP contribution in [0.2, 0.25) is 0 Å². The summed E-state index contributed by atoms with van der Waals surface area (Å²) in [4.78, 5) is 4.39. The lowest BCUT2D eigenvalue weighted by Crippen LogP contribution is -1.93. The molecule has 0 fully saturated rings. The second-order valence-corrected chi connectivity index (χ2v) is 3.87. The number of hydrogen-bond acceptors (Lipinski definition) is 2. The molecule has 1 aromatic heterocycles. The molecule has 0 atom stereocenters. The van der Waals surface area contributed by atoms with Gasteiger partial charge in [-0.2, -0.15) is 0 Å². The fraction of sp³-hybridized carbons (Fsp3) is 0. The highest BCUT2D eigenvalue weighted by Gasteiger charge is 2.01. The van der Waals surface area contributed by atoms with Gasteiger partial charge in [0.05, 0.1) is 0 Å². The summed E-state index contributed by atoms with van der Waals surface area (Å²) in [6.07, 6.45) is 1.83. The zero-order valence-electron chi connectivity index (χ0n) is 9.80. The van der Waals surface area contributed by atoms with Crippen molar-refractivity contribution in [1.82, 2.24) is 4.98 Å². The Hall–Kier alpha value is -2.39. The van der Waals surface area contributed by atoms with Crippen molar-refractivity contribution in [3.05, 3.63) is 66.9 Å². The van der Waals surface area contributed by atoms with Crippen molar-refractivity contribution in [2.24, 2.45) is 0 Å². The van der Waals surface area contributed by atoms with E-state index in [-0.39, 0.29) is 5.48 Å². The summed E-state index contributed by atoms with van der Waals surface area (Å²) in [7, 11) is 0. The minimum Gasteiger partial charge on any atom is -0.412 e. The molecule has 3 aromatic rings. The molecule has 0 saturated heterocycles. The molecule has 0 bridgehead atoms. The Bertz CT molecular complexity index is 633. The highest BCUT2D eigenvalue weighted by Crippen LogP contribution is 2.23. The first-order valence-electron chi connectivity index (χ1n) is 5.59. The van der Waals surface area contributed by atoms with Gasteiger partial charge in [-0.15, -0.1) is 0 Å². The molecule has 0 aliphatic carbocycles. The molecule has 0 radical (unpaired) electrons. The summed E-state index contributed by atoms with van der Waals surface area (Å²) in [6.45, 7) is 0. The molecular formula is C15H14N2O. The van der Waals surface area contributed by atoms with Gasteiger partial charge in [0.1, 0.15) is 5.82 Å². The van der Waals surface area contributed by atoms with E-state index in [0.717, 1.165) is 16.9 Å². The Labute approximate surface area is 105 Å². The van der Waals surface area contributed by atoms with Gasteiger partial charge in [-0.1, -0.05) is 42.5 Å². The topological polar surface area (TPSA) is 56.4 Å². The molecule has 3 nitrogen and oxygen atoms in total. The summed E-state index contributed by atoms with van der Waals surface area (Å²) in [6, 6.07) is 20.3. The van der Waals surface area contributed by atoms with Crippen LogP contribution in [0.1, 0.15) is 0 Å². The second-order valence-electron chi connectivity index (χ2n) is 3.87. The van der Waals surface area contributed by atoms with Crippen molar-refractivity contribution in [3.8, 4) is 0 Å². The van der Waals surface area contributed by atoms with Crippen molar-refractivity contribution in [3.63, 3.8) is 0 Å². The van der Waals surface area contributed by atoms with E-state index in [9.17, 15) is 0 Å². The Balaban J connectivity index is 0.00000120. The second kappa shape index (κ2) is 5.29. The van der Waals surface area contributed by atoms with E-state index >= 15 is 0 Å². The van der Waals surface area contributed by atoms with Crippen LogP contribution in [0.5, 0.6) is 0 Å². The molecule has 3 N–H and O–H groups in total. The quantitative estimate of drug-likeness (QED) is 0.745. The van der Waals surface area contributed by atoms with Crippen molar-refractivity contribution in [2.45, 2.75) is 0 Å². The van der Waals surface area contributed by atoms with Crippen LogP contribution < -0.4 is 5.32 Å². The van der Waals surface area contributed by atoms with Gasteiger partial charge >= 0.3 is 0 Å². The molecule has 0 amide bonds. The van der Waals surface area contributed by atoms with E-state index in [2.05, 4.69) is 22.4 Å². The third kappa shape index (κ3) is 2.31. The fourth-order valence-corrected chi connectivity index (χ4v) is 1.88. The van der Waals surface area contributed by atoms with E-state index in [1.54, 1.807) is 0 Å². The Kier molecular flexibility index (Phi) is 3.55. The van der Waals surface area contributed by atoms with Crippen molar-refractivity contribution >= 4 is 22.3 Å². The smallest absolute Gasteiger partial charge is 0.138 e. The van der Waals surface area contributed by atoms with Gasteiger partial charge in [-0.05, 0) is 23.6 Å². The normalized spacial score (nSPS) is 9.78. The summed E-state index contributed by atoms with van der Waals surface area (Å²) >= 11 is 0. The Morgan fingerprint density at radius 3 is 2.33 bits per heavy atom. The number of nitrogens with one attached hydrogen (secondary N) is 1. The largest absolute Gasteiger partial charge is 0.412 e. The lowest BCUT2D eigenvalue weighted by molar-refractivity contribution is 0.824. The van der Waals surface area contributed by atoms with E-state index in [0.29, 0.717) is 0 Å². The third-order valence-electron chi connectivity index (χ3n) is 2.71. The minimum absolute atomic E-state index is 0. The van der Waals surface area contributed by atoms with Crippen LogP contribution in [0.3, 0.4) is 0 Å². The zero-order valence-corrected chi connectivity index (χ0v) is 9.80. The Morgan fingerprint density at radius 1 is 0.778 bits per heavy atom. The minimum atomic E-state index is 0. The molecule has 0 spiro atoms. The van der Waals surface area contributed by atoms with Crippen LogP contribution >= 0.6 is 0 Å². The van der Waals surface area contributed by atoms with Crippen LogP contribution in [0, 0.1) is 0 Å². The van der Waals surface area contributed by atoms with Crippen molar-refractivity contribution in [1.29, 1.82) is 0 Å². The summed E-state index contributed by atoms with van der Waals surface area (Å²) in [5, 5.41) is 5.67. The molecule has 3 rings (SSSR count). The van der Waals surface area contributed by atoms with Crippen LogP contribution in [0.25, 0.3) is 10.8 Å². The average Bonchev–Trinajstić information content (AvgIpc) is 2.40. The number of anilines is 2. The van der Waals surface area contributed by atoms with Gasteiger partial charge < -0.3 is 10.8 Å². The van der Waals surface area contributed by atoms with Gasteiger partial charge in [-0.25, -0.2) is 4.98 Å². The van der Waals surface area contributed by atoms with Gasteiger partial charge in [0.25, 0.3) is 0 Å². The number of nitrogens with zero attached hydrogens (tertiary/aromatic N) is 1. The summed E-state index contributed by atoms with van der Waals surface area (Å²) in [5.74, 6) is 0.898. The first-order chi connectivity index (χ1) is 8.43.